The van der Waals surface area contributed by atoms with Crippen LogP contribution in [-0.2, 0) is 6.54 Å². The molecule has 0 atom stereocenters. The van der Waals surface area contributed by atoms with Crippen LogP contribution in [0.5, 0.6) is 0 Å². The number of carbonyl (C=O) groups excluding carboxylic acids is 2. The molecule has 4 aromatic rings. The van der Waals surface area contributed by atoms with E-state index in [9.17, 15) is 9.59 Å². The van der Waals surface area contributed by atoms with Crippen molar-refractivity contribution in [1.29, 1.82) is 0 Å². The van der Waals surface area contributed by atoms with Gasteiger partial charge < -0.3 is 10.3 Å². The zero-order valence-corrected chi connectivity index (χ0v) is 14.7. The van der Waals surface area contributed by atoms with Crippen LogP contribution in [0.25, 0.3) is 11.0 Å². The van der Waals surface area contributed by atoms with Gasteiger partial charge in [0.25, 0.3) is 11.8 Å². The number of H-pyrrole nitrogens is 1. The average molecular weight is 376 g/mol. The van der Waals surface area contributed by atoms with Gasteiger partial charge in [0, 0.05) is 0 Å². The largest absolute Gasteiger partial charge is 0.324 e. The molecule has 132 valence electrons. The zero-order chi connectivity index (χ0) is 18.4. The van der Waals surface area contributed by atoms with Gasteiger partial charge in [0.05, 0.1) is 28.7 Å². The highest BCUT2D eigenvalue weighted by Gasteiger charge is 2.35. The van der Waals surface area contributed by atoms with Crippen LogP contribution in [0.2, 0.25) is 0 Å². The first kappa shape index (κ1) is 15.6. The molecule has 9 heteroatoms. The molecule has 0 radical (unpaired) electrons. The molecule has 2 aromatic heterocycles. The quantitative estimate of drug-likeness (QED) is 0.531. The van der Waals surface area contributed by atoms with Gasteiger partial charge in [-0.15, -0.1) is 10.2 Å². The molecule has 0 saturated heterocycles. The second-order valence-corrected chi connectivity index (χ2v) is 7.03. The van der Waals surface area contributed by atoms with Gasteiger partial charge in [-0.1, -0.05) is 35.6 Å². The number of rotatable bonds is 4. The van der Waals surface area contributed by atoms with Crippen LogP contribution in [0.1, 0.15) is 25.7 Å². The number of nitrogens with one attached hydrogen (secondary N) is 2. The van der Waals surface area contributed by atoms with Crippen molar-refractivity contribution in [2.24, 2.45) is 0 Å². The molecular weight excluding hydrogens is 364 g/mol. The van der Waals surface area contributed by atoms with E-state index < -0.39 is 0 Å². The van der Waals surface area contributed by atoms with Gasteiger partial charge >= 0.3 is 0 Å². The standard InChI is InChI=1S/C18H12N6O2S/c25-15-10-5-1-2-6-11(10)16(26)24(15)9-14-22-23-18(27-14)21-17-19-12-7-3-4-8-13(12)20-17/h1-8H,9H2,(H2,19,20,21,23). The van der Waals surface area contributed by atoms with Crippen molar-refractivity contribution in [3.05, 3.63) is 64.7 Å². The lowest BCUT2D eigenvalue weighted by Crippen LogP contribution is -2.29. The number of benzene rings is 2. The molecule has 1 aliphatic heterocycles. The van der Waals surface area contributed by atoms with Crippen molar-refractivity contribution in [2.45, 2.75) is 6.54 Å². The minimum atomic E-state index is -0.308. The Bertz CT molecular complexity index is 1130. The minimum Gasteiger partial charge on any atom is -0.324 e. The van der Waals surface area contributed by atoms with Crippen LogP contribution in [0.4, 0.5) is 11.1 Å². The fourth-order valence-corrected chi connectivity index (χ4v) is 3.73. The molecular formula is C18H12N6O2S. The first-order valence-corrected chi connectivity index (χ1v) is 9.00. The van der Waals surface area contributed by atoms with Crippen molar-refractivity contribution < 1.29 is 9.59 Å². The number of imide groups is 1. The van der Waals surface area contributed by atoms with Gasteiger partial charge in [-0.25, -0.2) is 4.98 Å². The third-order valence-corrected chi connectivity index (χ3v) is 5.08. The number of aromatic nitrogens is 4. The van der Waals surface area contributed by atoms with E-state index in [1.165, 1.54) is 16.2 Å². The van der Waals surface area contributed by atoms with Crippen molar-refractivity contribution in [1.82, 2.24) is 25.1 Å². The lowest BCUT2D eigenvalue weighted by molar-refractivity contribution is 0.0642. The summed E-state index contributed by atoms with van der Waals surface area (Å²) in [5, 5.41) is 12.3. The van der Waals surface area contributed by atoms with E-state index in [1.807, 2.05) is 24.3 Å². The van der Waals surface area contributed by atoms with Gasteiger partial charge in [-0.2, -0.15) is 0 Å². The minimum absolute atomic E-state index is 0.0891. The van der Waals surface area contributed by atoms with E-state index in [2.05, 4.69) is 25.5 Å². The Kier molecular flexibility index (Phi) is 3.47. The Hall–Kier alpha value is -3.59. The SMILES string of the molecule is O=C1c2ccccc2C(=O)N1Cc1nnc(Nc2nc3ccccc3[nH]2)s1. The van der Waals surface area contributed by atoms with Crippen LogP contribution in [0.15, 0.2) is 48.5 Å². The number of nitrogens with zero attached hydrogens (tertiary/aromatic N) is 4. The lowest BCUT2D eigenvalue weighted by atomic mass is 10.1. The van der Waals surface area contributed by atoms with E-state index in [0.717, 1.165) is 11.0 Å². The average Bonchev–Trinajstić information content (AvgIpc) is 3.36. The first-order chi connectivity index (χ1) is 13.2. The molecule has 3 heterocycles. The summed E-state index contributed by atoms with van der Waals surface area (Å²) in [7, 11) is 0. The third-order valence-electron chi connectivity index (χ3n) is 4.25. The van der Waals surface area contributed by atoms with Crippen LogP contribution < -0.4 is 5.32 Å². The fourth-order valence-electron chi connectivity index (χ4n) is 3.00. The summed E-state index contributed by atoms with van der Waals surface area (Å²) in [6.45, 7) is 0.0891. The fraction of sp³-hybridized carbons (Fsp3) is 0.0556. The number of hydrogen-bond acceptors (Lipinski definition) is 7. The molecule has 2 aromatic carbocycles. The number of carbonyl (C=O) groups is 2. The van der Waals surface area contributed by atoms with Crippen molar-refractivity contribution in [3.63, 3.8) is 0 Å². The molecule has 2 N–H and O–H groups in total. The molecule has 1 aliphatic rings. The second-order valence-electron chi connectivity index (χ2n) is 5.97. The number of aromatic amines is 1. The normalized spacial score (nSPS) is 13.4. The molecule has 0 spiro atoms. The number of hydrogen-bond donors (Lipinski definition) is 2. The summed E-state index contributed by atoms with van der Waals surface area (Å²) in [5.41, 5.74) is 2.60. The van der Waals surface area contributed by atoms with Crippen LogP contribution >= 0.6 is 11.3 Å². The molecule has 2 amide bonds. The van der Waals surface area contributed by atoms with Crippen molar-refractivity contribution in [3.8, 4) is 0 Å². The number of anilines is 2. The molecule has 27 heavy (non-hydrogen) atoms. The molecule has 0 aliphatic carbocycles. The summed E-state index contributed by atoms with van der Waals surface area (Å²) in [6.07, 6.45) is 0. The summed E-state index contributed by atoms with van der Waals surface area (Å²) >= 11 is 1.27. The highest BCUT2D eigenvalue weighted by molar-refractivity contribution is 7.15. The van der Waals surface area contributed by atoms with Crippen LogP contribution in [0, 0.1) is 0 Å². The Morgan fingerprint density at radius 2 is 1.67 bits per heavy atom. The molecule has 0 saturated carbocycles. The summed E-state index contributed by atoms with van der Waals surface area (Å²) in [5.74, 6) is -0.0604. The highest BCUT2D eigenvalue weighted by Crippen LogP contribution is 2.27. The van der Waals surface area contributed by atoms with E-state index in [4.69, 9.17) is 0 Å². The maximum Gasteiger partial charge on any atom is 0.261 e. The van der Waals surface area contributed by atoms with Gasteiger partial charge in [0.1, 0.15) is 5.01 Å². The Morgan fingerprint density at radius 1 is 0.963 bits per heavy atom. The number of fused-ring (bicyclic) bond motifs is 2. The molecule has 5 rings (SSSR count). The Morgan fingerprint density at radius 3 is 2.41 bits per heavy atom. The van der Waals surface area contributed by atoms with Gasteiger partial charge in [-0.05, 0) is 24.3 Å². The van der Waals surface area contributed by atoms with Gasteiger partial charge in [-0.3, -0.25) is 14.5 Å². The topological polar surface area (TPSA) is 104 Å². The van der Waals surface area contributed by atoms with E-state index in [1.54, 1.807) is 24.3 Å². The van der Waals surface area contributed by atoms with Crippen LogP contribution in [0.3, 0.4) is 0 Å². The van der Waals surface area contributed by atoms with E-state index >= 15 is 0 Å². The Labute approximate surface area is 156 Å². The molecule has 0 fully saturated rings. The van der Waals surface area contributed by atoms with E-state index in [-0.39, 0.29) is 18.4 Å². The van der Waals surface area contributed by atoms with Crippen molar-refractivity contribution >= 4 is 45.3 Å². The zero-order valence-electron chi connectivity index (χ0n) is 13.8. The van der Waals surface area contributed by atoms with Crippen LogP contribution in [-0.4, -0.2) is 36.9 Å². The predicted molar refractivity (Wildman–Crippen MR) is 99.9 cm³/mol. The highest BCUT2D eigenvalue weighted by atomic mass is 32.1. The van der Waals surface area contributed by atoms with Gasteiger partial charge in [0.2, 0.25) is 11.1 Å². The lowest BCUT2D eigenvalue weighted by Gasteiger charge is -2.10. The summed E-state index contributed by atoms with van der Waals surface area (Å²) < 4.78 is 0. The van der Waals surface area contributed by atoms with Crippen molar-refractivity contribution in [2.75, 3.05) is 5.32 Å². The maximum absolute atomic E-state index is 12.4. The van der Waals surface area contributed by atoms with Gasteiger partial charge in [0.15, 0.2) is 0 Å². The monoisotopic (exact) mass is 376 g/mol. The number of amides is 2. The molecule has 0 bridgehead atoms. The predicted octanol–water partition coefficient (Wildman–Crippen LogP) is 2.95. The third kappa shape index (κ3) is 2.64. The maximum atomic E-state index is 12.4. The molecule has 8 nitrogen and oxygen atoms in total. The summed E-state index contributed by atoms with van der Waals surface area (Å²) in [4.78, 5) is 33.6. The number of para-hydroxylation sites is 2. The molecule has 0 unspecified atom stereocenters. The smallest absolute Gasteiger partial charge is 0.261 e. The second kappa shape index (κ2) is 5.99. The number of imidazole rings is 1. The first-order valence-electron chi connectivity index (χ1n) is 8.18. The summed E-state index contributed by atoms with van der Waals surface area (Å²) in [6, 6.07) is 14.5. The Balaban J connectivity index is 1.34. The van der Waals surface area contributed by atoms with E-state index in [0.29, 0.717) is 27.2 Å².